The molecule has 5 aromatic carbocycles. The Labute approximate surface area is 314 Å². The van der Waals surface area contributed by atoms with Crippen LogP contribution in [0.3, 0.4) is 0 Å². The molecule has 2 atom stereocenters. The summed E-state index contributed by atoms with van der Waals surface area (Å²) < 4.78 is 11.6. The second-order valence-corrected chi connectivity index (χ2v) is 13.4. The van der Waals surface area contributed by atoms with E-state index in [0.717, 1.165) is 11.1 Å². The topological polar surface area (TPSA) is 120 Å². The smallest absolute Gasteiger partial charge is 0.266 e. The summed E-state index contributed by atoms with van der Waals surface area (Å²) in [6.45, 7) is 2.28. The third-order valence-electron chi connectivity index (χ3n) is 9.97. The van der Waals surface area contributed by atoms with Crippen LogP contribution >= 0.6 is 0 Å². The average molecular weight is 724 g/mol. The van der Waals surface area contributed by atoms with E-state index in [-0.39, 0.29) is 37.9 Å². The molecule has 10 heteroatoms. The first-order chi connectivity index (χ1) is 26.2. The first-order valence-electron chi connectivity index (χ1n) is 17.8. The second-order valence-electron chi connectivity index (χ2n) is 13.4. The first-order valence-corrected chi connectivity index (χ1v) is 17.8. The Bertz CT molecular complexity index is 2200. The van der Waals surface area contributed by atoms with Gasteiger partial charge in [-0.05, 0) is 65.7 Å². The van der Waals surface area contributed by atoms with E-state index in [4.69, 9.17) is 9.47 Å². The van der Waals surface area contributed by atoms with E-state index < -0.39 is 17.4 Å². The van der Waals surface area contributed by atoms with E-state index in [1.165, 1.54) is 7.11 Å². The highest BCUT2D eigenvalue weighted by Gasteiger charge is 2.52. The molecule has 2 aliphatic rings. The van der Waals surface area contributed by atoms with Crippen LogP contribution in [-0.2, 0) is 28.3 Å². The number of benzene rings is 5. The molecular formula is C44H41N3O7. The van der Waals surface area contributed by atoms with Gasteiger partial charge in [0.2, 0.25) is 5.91 Å². The number of ether oxygens (including phenoxy) is 2. The molecule has 0 unspecified atom stereocenters. The van der Waals surface area contributed by atoms with Gasteiger partial charge in [-0.25, -0.2) is 0 Å². The van der Waals surface area contributed by atoms with Gasteiger partial charge in [-0.3, -0.25) is 19.3 Å². The van der Waals surface area contributed by atoms with Gasteiger partial charge in [-0.15, -0.1) is 0 Å². The number of para-hydroxylation sites is 3. The highest BCUT2D eigenvalue weighted by atomic mass is 16.5. The van der Waals surface area contributed by atoms with E-state index >= 15 is 0 Å². The molecule has 2 N–H and O–H groups in total. The number of fused-ring (bicyclic) bond motifs is 3. The summed E-state index contributed by atoms with van der Waals surface area (Å²) in [7, 11) is 1.53. The molecule has 2 heterocycles. The van der Waals surface area contributed by atoms with Crippen LogP contribution in [0.1, 0.15) is 40.4 Å². The Kier molecular flexibility index (Phi) is 10.3. The molecule has 3 amide bonds. The van der Waals surface area contributed by atoms with Gasteiger partial charge in [0, 0.05) is 36.7 Å². The van der Waals surface area contributed by atoms with Gasteiger partial charge >= 0.3 is 0 Å². The standard InChI is InChI=1S/C44H41N3O7/c1-30(11-10-18-41(49)45(25-26-48)28-31-12-4-3-5-13-31)44(52)36-27-34(53-2)23-24-37(36)46(43(44)51)29-32-19-21-33(22-20-32)47-38-15-7-9-17-40(38)54-39-16-8-6-14-35(39)42(47)50/h3-17,19-24,27,30,48,52H,18,25-26,28-29H2,1-2H3/b11-10+/t30-,44+/m0/s1. The predicted molar refractivity (Wildman–Crippen MR) is 206 cm³/mol. The molecule has 5 aromatic rings. The minimum absolute atomic E-state index is 0.0319. The molecule has 0 spiro atoms. The highest BCUT2D eigenvalue weighted by molar-refractivity contribution is 6.14. The lowest BCUT2D eigenvalue weighted by Gasteiger charge is -2.28. The van der Waals surface area contributed by atoms with Gasteiger partial charge in [0.1, 0.15) is 11.5 Å². The van der Waals surface area contributed by atoms with Crippen LogP contribution in [0.25, 0.3) is 0 Å². The average Bonchev–Trinajstić information content (AvgIpc) is 3.32. The number of aliphatic hydroxyl groups is 2. The van der Waals surface area contributed by atoms with Gasteiger partial charge < -0.3 is 29.5 Å². The van der Waals surface area contributed by atoms with Crippen molar-refractivity contribution in [3.8, 4) is 17.2 Å². The van der Waals surface area contributed by atoms with Crippen molar-refractivity contribution in [2.45, 2.75) is 32.0 Å². The fraction of sp³-hybridized carbons (Fsp3) is 0.205. The van der Waals surface area contributed by atoms with Gasteiger partial charge in [-0.2, -0.15) is 0 Å². The van der Waals surface area contributed by atoms with E-state index in [2.05, 4.69) is 0 Å². The normalized spacial score (nSPS) is 16.7. The van der Waals surface area contributed by atoms with Crippen molar-refractivity contribution in [2.75, 3.05) is 30.1 Å². The van der Waals surface area contributed by atoms with Crippen molar-refractivity contribution in [3.05, 3.63) is 156 Å². The minimum atomic E-state index is -1.94. The molecule has 10 nitrogen and oxygen atoms in total. The number of carbonyl (C=O) groups excluding carboxylic acids is 3. The zero-order chi connectivity index (χ0) is 37.8. The summed E-state index contributed by atoms with van der Waals surface area (Å²) >= 11 is 0. The number of aliphatic hydroxyl groups excluding tert-OH is 1. The van der Waals surface area contributed by atoms with Crippen molar-refractivity contribution in [1.82, 2.24) is 4.90 Å². The lowest BCUT2D eigenvalue weighted by atomic mass is 9.83. The van der Waals surface area contributed by atoms with Gasteiger partial charge in [0.15, 0.2) is 11.4 Å². The van der Waals surface area contributed by atoms with Crippen molar-refractivity contribution in [3.63, 3.8) is 0 Å². The molecule has 0 bridgehead atoms. The number of amides is 3. The number of rotatable bonds is 12. The Balaban J connectivity index is 1.12. The van der Waals surface area contributed by atoms with Crippen LogP contribution in [0.2, 0.25) is 0 Å². The number of carbonyl (C=O) groups is 3. The summed E-state index contributed by atoms with van der Waals surface area (Å²) in [4.78, 5) is 46.1. The quantitative estimate of drug-likeness (QED) is 0.132. The fourth-order valence-electron chi connectivity index (χ4n) is 7.07. The maximum absolute atomic E-state index is 14.3. The minimum Gasteiger partial charge on any atom is -0.497 e. The molecular weight excluding hydrogens is 682 g/mol. The molecule has 0 aromatic heterocycles. The van der Waals surface area contributed by atoms with Gasteiger partial charge in [-0.1, -0.05) is 85.8 Å². The van der Waals surface area contributed by atoms with E-state index in [1.807, 2.05) is 84.9 Å². The summed E-state index contributed by atoms with van der Waals surface area (Å²) in [5.74, 6) is -0.110. The van der Waals surface area contributed by atoms with Crippen LogP contribution in [0.15, 0.2) is 133 Å². The summed E-state index contributed by atoms with van der Waals surface area (Å²) in [5.41, 5.74) is 2.41. The van der Waals surface area contributed by atoms with Crippen molar-refractivity contribution in [1.29, 1.82) is 0 Å². The third kappa shape index (κ3) is 6.84. The molecule has 0 fully saturated rings. The lowest BCUT2D eigenvalue weighted by Crippen LogP contribution is -2.44. The second kappa shape index (κ2) is 15.4. The van der Waals surface area contributed by atoms with Crippen LogP contribution in [0, 0.1) is 5.92 Å². The van der Waals surface area contributed by atoms with E-state index in [9.17, 15) is 24.6 Å². The maximum atomic E-state index is 14.3. The highest BCUT2D eigenvalue weighted by Crippen LogP contribution is 2.47. The number of nitrogens with zero attached hydrogens (tertiary/aromatic N) is 3. The van der Waals surface area contributed by atoms with Crippen molar-refractivity contribution >= 4 is 34.8 Å². The lowest BCUT2D eigenvalue weighted by molar-refractivity contribution is -0.139. The number of hydrogen-bond acceptors (Lipinski definition) is 7. The number of methoxy groups -OCH3 is 1. The molecule has 0 saturated carbocycles. The van der Waals surface area contributed by atoms with Crippen molar-refractivity contribution in [2.24, 2.45) is 5.92 Å². The van der Waals surface area contributed by atoms with E-state index in [0.29, 0.717) is 52.0 Å². The Hall–Kier alpha value is -6.23. The number of hydrogen-bond donors (Lipinski definition) is 2. The van der Waals surface area contributed by atoms with Crippen LogP contribution < -0.4 is 19.3 Å². The van der Waals surface area contributed by atoms with Crippen LogP contribution in [-0.4, -0.2) is 53.1 Å². The van der Waals surface area contributed by atoms with E-state index in [1.54, 1.807) is 70.2 Å². The maximum Gasteiger partial charge on any atom is 0.266 e. The molecule has 0 saturated heterocycles. The molecule has 2 aliphatic heterocycles. The zero-order valence-corrected chi connectivity index (χ0v) is 30.1. The first kappa shape index (κ1) is 36.1. The van der Waals surface area contributed by atoms with Gasteiger partial charge in [0.25, 0.3) is 11.8 Å². The number of anilines is 3. The SMILES string of the molecule is COc1ccc2c(c1)[C@](O)([C@@H](C)/C=C/CC(=O)N(CCO)Cc1ccccc1)C(=O)N2Cc1ccc(N2C(=O)c3ccccc3Oc3ccccc32)cc1. The van der Waals surface area contributed by atoms with Crippen LogP contribution in [0.5, 0.6) is 17.2 Å². The van der Waals surface area contributed by atoms with Crippen LogP contribution in [0.4, 0.5) is 17.1 Å². The molecule has 54 heavy (non-hydrogen) atoms. The van der Waals surface area contributed by atoms with Gasteiger partial charge in [0.05, 0.1) is 37.2 Å². The monoisotopic (exact) mass is 723 g/mol. The Morgan fingerprint density at radius 1 is 0.870 bits per heavy atom. The molecule has 274 valence electrons. The predicted octanol–water partition coefficient (Wildman–Crippen LogP) is 7.12. The molecule has 7 rings (SSSR count). The summed E-state index contributed by atoms with van der Waals surface area (Å²) in [6, 6.07) is 36.6. The molecule has 0 radical (unpaired) electrons. The third-order valence-corrected chi connectivity index (χ3v) is 9.97. The Morgan fingerprint density at radius 3 is 2.31 bits per heavy atom. The zero-order valence-electron chi connectivity index (χ0n) is 30.1. The summed E-state index contributed by atoms with van der Waals surface area (Å²) in [6.07, 6.45) is 3.39. The fourth-order valence-corrected chi connectivity index (χ4v) is 7.07. The summed E-state index contributed by atoms with van der Waals surface area (Å²) in [5, 5.41) is 21.9. The van der Waals surface area contributed by atoms with Crippen molar-refractivity contribution < 1.29 is 34.1 Å². The molecule has 0 aliphatic carbocycles. The Morgan fingerprint density at radius 2 is 1.57 bits per heavy atom. The largest absolute Gasteiger partial charge is 0.497 e.